The van der Waals surface area contributed by atoms with Crippen LogP contribution in [-0.2, 0) is 30.7 Å². The highest BCUT2D eigenvalue weighted by Crippen LogP contribution is 2.23. The fourth-order valence-corrected chi connectivity index (χ4v) is 4.30. The van der Waals surface area contributed by atoms with Crippen LogP contribution in [0.3, 0.4) is 0 Å². The second kappa shape index (κ2) is 11.0. The molecule has 0 spiro atoms. The number of benzene rings is 2. The number of nitrogens with zero attached hydrogens (tertiary/aromatic N) is 4. The molecule has 184 valence electrons. The van der Waals surface area contributed by atoms with E-state index in [1.54, 1.807) is 7.11 Å². The maximum absolute atomic E-state index is 12.3. The van der Waals surface area contributed by atoms with Gasteiger partial charge in [0.25, 0.3) is 0 Å². The zero-order valence-corrected chi connectivity index (χ0v) is 20.3. The monoisotopic (exact) mass is 483 g/mol. The number of methoxy groups -OCH3 is 1. The lowest BCUT2D eigenvalue weighted by atomic mass is 10.00. The topological polar surface area (TPSA) is 93.4 Å². The summed E-state index contributed by atoms with van der Waals surface area (Å²) in [6.07, 6.45) is 4.44. The van der Waals surface area contributed by atoms with E-state index in [-0.39, 0.29) is 5.91 Å². The molecule has 0 atom stereocenters. The SMILES string of the molecule is COc1ccc(-c2noc(CCCC(=O)NCc3ccc(N4CCc5ccccc5C4)nc3)n2)cc1. The van der Waals surface area contributed by atoms with Crippen LogP contribution in [0.25, 0.3) is 11.4 Å². The fourth-order valence-electron chi connectivity index (χ4n) is 4.30. The Morgan fingerprint density at radius 1 is 1.08 bits per heavy atom. The largest absolute Gasteiger partial charge is 0.497 e. The number of ether oxygens (including phenoxy) is 1. The summed E-state index contributed by atoms with van der Waals surface area (Å²) in [6.45, 7) is 2.29. The van der Waals surface area contributed by atoms with Crippen molar-refractivity contribution >= 4 is 11.7 Å². The number of fused-ring (bicyclic) bond motifs is 1. The van der Waals surface area contributed by atoms with Crippen LogP contribution in [-0.4, -0.2) is 34.7 Å². The first-order valence-corrected chi connectivity index (χ1v) is 12.2. The van der Waals surface area contributed by atoms with Gasteiger partial charge in [-0.05, 0) is 59.9 Å². The van der Waals surface area contributed by atoms with Crippen molar-refractivity contribution in [2.75, 3.05) is 18.6 Å². The number of pyridine rings is 1. The first kappa shape index (κ1) is 23.5. The maximum atomic E-state index is 12.3. The van der Waals surface area contributed by atoms with Crippen LogP contribution in [0.15, 0.2) is 71.4 Å². The van der Waals surface area contributed by atoms with Crippen LogP contribution in [0.2, 0.25) is 0 Å². The molecule has 4 aromatic rings. The Hall–Kier alpha value is -4.20. The van der Waals surface area contributed by atoms with Gasteiger partial charge in [0.1, 0.15) is 11.6 Å². The van der Waals surface area contributed by atoms with Crippen LogP contribution < -0.4 is 15.0 Å². The summed E-state index contributed by atoms with van der Waals surface area (Å²) >= 11 is 0. The Labute approximate surface area is 210 Å². The van der Waals surface area contributed by atoms with Crippen molar-refractivity contribution in [3.8, 4) is 17.1 Å². The van der Waals surface area contributed by atoms with E-state index in [1.807, 2.05) is 42.6 Å². The highest BCUT2D eigenvalue weighted by atomic mass is 16.5. The van der Waals surface area contributed by atoms with Gasteiger partial charge in [0, 0.05) is 44.2 Å². The molecule has 8 heteroatoms. The maximum Gasteiger partial charge on any atom is 0.226 e. The van der Waals surface area contributed by atoms with Gasteiger partial charge in [-0.15, -0.1) is 0 Å². The minimum Gasteiger partial charge on any atom is -0.497 e. The summed E-state index contributed by atoms with van der Waals surface area (Å²) in [6, 6.07) is 20.1. The Morgan fingerprint density at radius 2 is 1.92 bits per heavy atom. The molecule has 1 amide bonds. The van der Waals surface area contributed by atoms with Crippen molar-refractivity contribution in [2.45, 2.75) is 38.8 Å². The van der Waals surface area contributed by atoms with Crippen LogP contribution in [0.5, 0.6) is 5.75 Å². The molecule has 0 bridgehead atoms. The van der Waals surface area contributed by atoms with Gasteiger partial charge >= 0.3 is 0 Å². The molecule has 1 aliphatic heterocycles. The van der Waals surface area contributed by atoms with Gasteiger partial charge in [-0.25, -0.2) is 4.98 Å². The Morgan fingerprint density at radius 3 is 2.69 bits per heavy atom. The Bertz CT molecular complexity index is 1300. The van der Waals surface area contributed by atoms with Gasteiger partial charge < -0.3 is 19.5 Å². The van der Waals surface area contributed by atoms with Crippen LogP contribution in [0.1, 0.15) is 35.4 Å². The zero-order valence-electron chi connectivity index (χ0n) is 20.3. The van der Waals surface area contributed by atoms with Crippen LogP contribution in [0, 0.1) is 0 Å². The molecule has 5 rings (SSSR count). The van der Waals surface area contributed by atoms with E-state index in [4.69, 9.17) is 9.26 Å². The smallest absolute Gasteiger partial charge is 0.226 e. The third-order valence-corrected chi connectivity index (χ3v) is 6.36. The number of aromatic nitrogens is 3. The van der Waals surface area contributed by atoms with Crippen molar-refractivity contribution in [1.29, 1.82) is 0 Å². The minimum absolute atomic E-state index is 0.0124. The van der Waals surface area contributed by atoms with E-state index in [2.05, 4.69) is 49.6 Å². The molecule has 2 aromatic carbocycles. The number of amides is 1. The highest BCUT2D eigenvalue weighted by Gasteiger charge is 2.17. The average Bonchev–Trinajstić information content (AvgIpc) is 3.41. The van der Waals surface area contributed by atoms with Gasteiger partial charge in [-0.1, -0.05) is 35.5 Å². The number of nitrogens with one attached hydrogen (secondary N) is 1. The van der Waals surface area contributed by atoms with Crippen LogP contribution >= 0.6 is 0 Å². The second-order valence-corrected chi connectivity index (χ2v) is 8.84. The standard InChI is InChI=1S/C28H29N5O3/c1-35-24-12-10-22(11-13-24)28-31-27(36-32-28)8-4-7-26(34)30-18-20-9-14-25(29-17-20)33-16-15-21-5-2-3-6-23(21)19-33/h2-3,5-6,9-14,17H,4,7-8,15-16,18-19H2,1H3,(H,30,34). The normalized spacial score (nSPS) is 12.8. The van der Waals surface area contributed by atoms with Gasteiger partial charge in [-0.3, -0.25) is 4.79 Å². The lowest BCUT2D eigenvalue weighted by molar-refractivity contribution is -0.121. The number of aryl methyl sites for hydroxylation is 1. The summed E-state index contributed by atoms with van der Waals surface area (Å²) in [5, 5.41) is 7.00. The predicted molar refractivity (Wildman–Crippen MR) is 137 cm³/mol. The number of anilines is 1. The number of hydrogen-bond acceptors (Lipinski definition) is 7. The molecule has 3 heterocycles. The lowest BCUT2D eigenvalue weighted by Gasteiger charge is -2.29. The molecule has 0 fully saturated rings. The van der Waals surface area contributed by atoms with Crippen molar-refractivity contribution in [3.05, 3.63) is 89.4 Å². The Balaban J connectivity index is 1.05. The lowest BCUT2D eigenvalue weighted by Crippen LogP contribution is -2.31. The van der Waals surface area contributed by atoms with Crippen molar-refractivity contribution in [3.63, 3.8) is 0 Å². The van der Waals surface area contributed by atoms with Crippen molar-refractivity contribution in [1.82, 2.24) is 20.4 Å². The van der Waals surface area contributed by atoms with Gasteiger partial charge in [-0.2, -0.15) is 4.98 Å². The number of carbonyl (C=O) groups is 1. The molecule has 2 aromatic heterocycles. The van der Waals surface area contributed by atoms with Crippen molar-refractivity contribution in [2.24, 2.45) is 0 Å². The molecule has 0 aliphatic carbocycles. The quantitative estimate of drug-likeness (QED) is 0.378. The molecule has 1 N–H and O–H groups in total. The second-order valence-electron chi connectivity index (χ2n) is 8.84. The third kappa shape index (κ3) is 5.71. The molecule has 8 nitrogen and oxygen atoms in total. The number of hydrogen-bond donors (Lipinski definition) is 1. The molecule has 0 saturated heterocycles. The molecular weight excluding hydrogens is 454 g/mol. The molecular formula is C28H29N5O3. The Kier molecular flexibility index (Phi) is 7.21. The van der Waals surface area contributed by atoms with E-state index in [1.165, 1.54) is 11.1 Å². The fraction of sp³-hybridized carbons (Fsp3) is 0.286. The summed E-state index contributed by atoms with van der Waals surface area (Å²) in [5.74, 6) is 2.78. The highest BCUT2D eigenvalue weighted by molar-refractivity contribution is 5.75. The molecule has 1 aliphatic rings. The van der Waals surface area contributed by atoms with Crippen LogP contribution in [0.4, 0.5) is 5.82 Å². The summed E-state index contributed by atoms with van der Waals surface area (Å²) in [7, 11) is 1.62. The number of rotatable bonds is 9. The molecule has 0 unspecified atom stereocenters. The van der Waals surface area contributed by atoms with E-state index in [9.17, 15) is 4.79 Å². The summed E-state index contributed by atoms with van der Waals surface area (Å²) < 4.78 is 10.5. The van der Waals surface area contributed by atoms with E-state index >= 15 is 0 Å². The third-order valence-electron chi connectivity index (χ3n) is 6.36. The zero-order chi connectivity index (χ0) is 24.7. The summed E-state index contributed by atoms with van der Waals surface area (Å²) in [5.41, 5.74) is 4.61. The summed E-state index contributed by atoms with van der Waals surface area (Å²) in [4.78, 5) is 23.7. The first-order valence-electron chi connectivity index (χ1n) is 12.2. The first-order chi connectivity index (χ1) is 17.7. The van der Waals surface area contributed by atoms with E-state index in [0.717, 1.165) is 42.2 Å². The van der Waals surface area contributed by atoms with Crippen molar-refractivity contribution < 1.29 is 14.1 Å². The molecule has 0 radical (unpaired) electrons. The number of carbonyl (C=O) groups excluding carboxylic acids is 1. The molecule has 0 saturated carbocycles. The average molecular weight is 484 g/mol. The van der Waals surface area contributed by atoms with Gasteiger partial charge in [0.2, 0.25) is 17.6 Å². The van der Waals surface area contributed by atoms with E-state index in [0.29, 0.717) is 37.5 Å². The van der Waals surface area contributed by atoms with Gasteiger partial charge in [0.15, 0.2) is 0 Å². The minimum atomic E-state index is -0.0124. The van der Waals surface area contributed by atoms with Gasteiger partial charge in [0.05, 0.1) is 7.11 Å². The predicted octanol–water partition coefficient (Wildman–Crippen LogP) is 4.34. The van der Waals surface area contributed by atoms with E-state index < -0.39 is 0 Å². The molecule has 36 heavy (non-hydrogen) atoms.